The van der Waals surface area contributed by atoms with Crippen LogP contribution >= 0.6 is 11.6 Å². The summed E-state index contributed by atoms with van der Waals surface area (Å²) in [6.45, 7) is 0.990. The topological polar surface area (TPSA) is 35.0 Å². The quantitative estimate of drug-likeness (QED) is 0.799. The van der Waals surface area contributed by atoms with E-state index >= 15 is 0 Å². The molecule has 0 aliphatic carbocycles. The molecule has 0 radical (unpaired) electrons. The molecule has 1 aliphatic heterocycles. The summed E-state index contributed by atoms with van der Waals surface area (Å²) < 4.78 is 31.8. The van der Waals surface area contributed by atoms with Crippen molar-refractivity contribution in [1.82, 2.24) is 9.97 Å². The Hall–Kier alpha value is -1.59. The zero-order chi connectivity index (χ0) is 14.1. The molecule has 0 N–H and O–H groups in total. The SMILES string of the molecule is Fc1ccc(Cc2nc(Cl)c3c(n2)CCOC3)c(F)c1. The second kappa shape index (κ2) is 5.42. The third-order valence-electron chi connectivity index (χ3n) is 3.18. The van der Waals surface area contributed by atoms with Gasteiger partial charge >= 0.3 is 0 Å². The third kappa shape index (κ3) is 2.64. The van der Waals surface area contributed by atoms with Crippen molar-refractivity contribution in [1.29, 1.82) is 0 Å². The molecule has 1 aromatic carbocycles. The van der Waals surface area contributed by atoms with Crippen molar-refractivity contribution in [3.05, 3.63) is 57.6 Å². The molecular weight excluding hydrogens is 286 g/mol. The van der Waals surface area contributed by atoms with Gasteiger partial charge in [0.2, 0.25) is 0 Å². The Balaban J connectivity index is 1.93. The number of halogens is 3. The second-order valence-electron chi connectivity index (χ2n) is 4.57. The standard InChI is InChI=1S/C14H11ClF2N2O/c15-14-10-7-20-4-3-12(10)18-13(19-14)5-8-1-2-9(16)6-11(8)17/h1-2,6H,3-5,7H2. The highest BCUT2D eigenvalue weighted by Gasteiger charge is 2.17. The summed E-state index contributed by atoms with van der Waals surface area (Å²) in [7, 11) is 0. The number of aromatic nitrogens is 2. The molecular formula is C14H11ClF2N2O. The van der Waals surface area contributed by atoms with Crippen molar-refractivity contribution in [2.24, 2.45) is 0 Å². The van der Waals surface area contributed by atoms with Gasteiger partial charge in [-0.05, 0) is 11.6 Å². The molecule has 1 aromatic heterocycles. The first-order chi connectivity index (χ1) is 9.63. The van der Waals surface area contributed by atoms with Crippen LogP contribution in [0.15, 0.2) is 18.2 Å². The largest absolute Gasteiger partial charge is 0.376 e. The van der Waals surface area contributed by atoms with E-state index in [4.69, 9.17) is 16.3 Å². The average Bonchev–Trinajstić information content (AvgIpc) is 2.42. The molecule has 0 bridgehead atoms. The van der Waals surface area contributed by atoms with Crippen LogP contribution in [0.5, 0.6) is 0 Å². The van der Waals surface area contributed by atoms with E-state index in [2.05, 4.69) is 9.97 Å². The molecule has 0 amide bonds. The fourth-order valence-electron chi connectivity index (χ4n) is 2.16. The Morgan fingerprint density at radius 1 is 1.25 bits per heavy atom. The average molecular weight is 297 g/mol. The van der Waals surface area contributed by atoms with Crippen molar-refractivity contribution in [2.75, 3.05) is 6.61 Å². The van der Waals surface area contributed by atoms with Crippen LogP contribution in [0, 0.1) is 11.6 Å². The van der Waals surface area contributed by atoms with Gasteiger partial charge in [0.1, 0.15) is 22.6 Å². The molecule has 104 valence electrons. The van der Waals surface area contributed by atoms with Crippen LogP contribution in [0.3, 0.4) is 0 Å². The Morgan fingerprint density at radius 3 is 2.90 bits per heavy atom. The molecule has 2 heterocycles. The minimum absolute atomic E-state index is 0.181. The molecule has 6 heteroatoms. The fraction of sp³-hybridized carbons (Fsp3) is 0.286. The maximum Gasteiger partial charge on any atom is 0.138 e. The summed E-state index contributed by atoms with van der Waals surface area (Å²) in [6.07, 6.45) is 0.844. The van der Waals surface area contributed by atoms with Crippen LogP contribution in [0.4, 0.5) is 8.78 Å². The lowest BCUT2D eigenvalue weighted by molar-refractivity contribution is 0.109. The summed E-state index contributed by atoms with van der Waals surface area (Å²) in [4.78, 5) is 8.56. The summed E-state index contributed by atoms with van der Waals surface area (Å²) in [5.41, 5.74) is 1.98. The lowest BCUT2D eigenvalue weighted by Gasteiger charge is -2.17. The summed E-state index contributed by atoms with van der Waals surface area (Å²) in [5, 5.41) is 0.340. The Labute approximate surface area is 119 Å². The van der Waals surface area contributed by atoms with E-state index < -0.39 is 11.6 Å². The first-order valence-electron chi connectivity index (χ1n) is 6.19. The zero-order valence-corrected chi connectivity index (χ0v) is 11.3. The van der Waals surface area contributed by atoms with E-state index in [-0.39, 0.29) is 6.42 Å². The van der Waals surface area contributed by atoms with Crippen molar-refractivity contribution in [3.8, 4) is 0 Å². The van der Waals surface area contributed by atoms with Crippen molar-refractivity contribution >= 4 is 11.6 Å². The Morgan fingerprint density at radius 2 is 2.10 bits per heavy atom. The van der Waals surface area contributed by atoms with Crippen molar-refractivity contribution in [3.63, 3.8) is 0 Å². The first kappa shape index (κ1) is 13.4. The molecule has 2 aromatic rings. The van der Waals surface area contributed by atoms with Crippen molar-refractivity contribution in [2.45, 2.75) is 19.4 Å². The Bertz CT molecular complexity index is 664. The molecule has 1 aliphatic rings. The maximum atomic E-state index is 13.6. The van der Waals surface area contributed by atoms with Gasteiger partial charge in [-0.25, -0.2) is 18.7 Å². The smallest absolute Gasteiger partial charge is 0.138 e. The lowest BCUT2D eigenvalue weighted by atomic mass is 10.1. The minimum Gasteiger partial charge on any atom is -0.376 e. The van der Waals surface area contributed by atoms with Crippen LogP contribution in [-0.4, -0.2) is 16.6 Å². The second-order valence-corrected chi connectivity index (χ2v) is 4.93. The number of benzene rings is 1. The van der Waals surface area contributed by atoms with Gasteiger partial charge in [-0.3, -0.25) is 0 Å². The van der Waals surface area contributed by atoms with E-state index in [9.17, 15) is 8.78 Å². The maximum absolute atomic E-state index is 13.6. The number of fused-ring (bicyclic) bond motifs is 1. The van der Waals surface area contributed by atoms with Gasteiger partial charge in [-0.15, -0.1) is 0 Å². The highest BCUT2D eigenvalue weighted by Crippen LogP contribution is 2.23. The number of hydrogen-bond acceptors (Lipinski definition) is 3. The molecule has 3 nitrogen and oxygen atoms in total. The van der Waals surface area contributed by atoms with Gasteiger partial charge in [0.05, 0.1) is 18.9 Å². The summed E-state index contributed by atoms with van der Waals surface area (Å²) in [6, 6.07) is 3.46. The predicted molar refractivity (Wildman–Crippen MR) is 69.6 cm³/mol. The van der Waals surface area contributed by atoms with E-state index in [1.807, 2.05) is 0 Å². The molecule has 0 spiro atoms. The summed E-state index contributed by atoms with van der Waals surface area (Å²) in [5.74, 6) is -0.778. The predicted octanol–water partition coefficient (Wildman–Crippen LogP) is 3.07. The molecule has 0 unspecified atom stereocenters. The molecule has 20 heavy (non-hydrogen) atoms. The molecule has 0 saturated carbocycles. The van der Waals surface area contributed by atoms with Gasteiger partial charge in [0.25, 0.3) is 0 Å². The highest BCUT2D eigenvalue weighted by atomic mass is 35.5. The lowest BCUT2D eigenvalue weighted by Crippen LogP contribution is -2.15. The monoisotopic (exact) mass is 296 g/mol. The van der Waals surface area contributed by atoms with E-state index in [1.165, 1.54) is 12.1 Å². The number of hydrogen-bond donors (Lipinski definition) is 0. The van der Waals surface area contributed by atoms with Crippen LogP contribution in [-0.2, 0) is 24.2 Å². The normalized spacial score (nSPS) is 14.2. The fourth-order valence-corrected chi connectivity index (χ4v) is 2.42. The highest BCUT2D eigenvalue weighted by molar-refractivity contribution is 6.30. The number of ether oxygens (including phenoxy) is 1. The first-order valence-corrected chi connectivity index (χ1v) is 6.57. The molecule has 0 fully saturated rings. The zero-order valence-electron chi connectivity index (χ0n) is 10.5. The minimum atomic E-state index is -0.606. The molecule has 0 saturated heterocycles. The van der Waals surface area contributed by atoms with Crippen LogP contribution in [0.25, 0.3) is 0 Å². The van der Waals surface area contributed by atoms with Gasteiger partial charge in [0, 0.05) is 24.5 Å². The summed E-state index contributed by atoms with van der Waals surface area (Å²) >= 11 is 6.09. The Kier molecular flexibility index (Phi) is 3.63. The van der Waals surface area contributed by atoms with Gasteiger partial charge in [-0.2, -0.15) is 0 Å². The van der Waals surface area contributed by atoms with Gasteiger partial charge < -0.3 is 4.74 Å². The number of nitrogens with zero attached hydrogens (tertiary/aromatic N) is 2. The molecule has 3 rings (SSSR count). The number of rotatable bonds is 2. The van der Waals surface area contributed by atoms with Gasteiger partial charge in [0.15, 0.2) is 0 Å². The van der Waals surface area contributed by atoms with Crippen molar-refractivity contribution < 1.29 is 13.5 Å². The molecule has 0 atom stereocenters. The third-order valence-corrected chi connectivity index (χ3v) is 3.49. The van der Waals surface area contributed by atoms with Gasteiger partial charge in [-0.1, -0.05) is 17.7 Å². The van der Waals surface area contributed by atoms with Crippen LogP contribution in [0.2, 0.25) is 5.15 Å². The van der Waals surface area contributed by atoms with E-state index in [0.29, 0.717) is 36.2 Å². The van der Waals surface area contributed by atoms with E-state index in [1.54, 1.807) is 0 Å². The van der Waals surface area contributed by atoms with Crippen LogP contribution < -0.4 is 0 Å². The van der Waals surface area contributed by atoms with E-state index in [0.717, 1.165) is 17.3 Å². The van der Waals surface area contributed by atoms with Crippen LogP contribution in [0.1, 0.15) is 22.6 Å².